The first-order chi connectivity index (χ1) is 9.06. The predicted octanol–water partition coefficient (Wildman–Crippen LogP) is 1.21. The van der Waals surface area contributed by atoms with Crippen LogP contribution in [0.4, 0.5) is 0 Å². The Morgan fingerprint density at radius 3 is 2.89 bits per heavy atom. The molecule has 0 saturated carbocycles. The summed E-state index contributed by atoms with van der Waals surface area (Å²) < 4.78 is 0. The van der Waals surface area contributed by atoms with Crippen LogP contribution in [0.2, 0.25) is 0 Å². The second-order valence-corrected chi connectivity index (χ2v) is 5.11. The molecule has 0 radical (unpaired) electrons. The highest BCUT2D eigenvalue weighted by molar-refractivity contribution is 6.06. The molecule has 0 bridgehead atoms. The van der Waals surface area contributed by atoms with Crippen LogP contribution >= 0.6 is 0 Å². The van der Waals surface area contributed by atoms with Crippen molar-refractivity contribution < 1.29 is 9.59 Å². The van der Waals surface area contributed by atoms with E-state index in [0.717, 1.165) is 16.7 Å². The Kier molecular flexibility index (Phi) is 2.62. The summed E-state index contributed by atoms with van der Waals surface area (Å²) in [7, 11) is 0. The second kappa shape index (κ2) is 4.19. The fraction of sp³-hybridized carbons (Fsp3) is 0.357. The van der Waals surface area contributed by atoms with Crippen molar-refractivity contribution in [1.29, 1.82) is 5.41 Å². The quantitative estimate of drug-likeness (QED) is 0.793. The van der Waals surface area contributed by atoms with E-state index >= 15 is 0 Å². The van der Waals surface area contributed by atoms with Gasteiger partial charge in [0, 0.05) is 18.5 Å². The molecular weight excluding hydrogens is 242 g/mol. The number of carbonyl (C=O) groups is 2. The van der Waals surface area contributed by atoms with Crippen LogP contribution in [0, 0.1) is 12.3 Å². The number of aryl methyl sites for hydroxylation is 1. The van der Waals surface area contributed by atoms with Gasteiger partial charge in [-0.3, -0.25) is 15.0 Å². The summed E-state index contributed by atoms with van der Waals surface area (Å²) in [5, 5.41) is 10.4. The number of hydrogen-bond acceptors (Lipinski definition) is 3. The van der Waals surface area contributed by atoms with Crippen molar-refractivity contribution in [2.24, 2.45) is 0 Å². The molecule has 1 atom stereocenters. The van der Waals surface area contributed by atoms with Gasteiger partial charge in [-0.2, -0.15) is 0 Å². The Balaban J connectivity index is 1.87. The van der Waals surface area contributed by atoms with E-state index in [1.165, 1.54) is 0 Å². The van der Waals surface area contributed by atoms with Gasteiger partial charge in [0.15, 0.2) is 0 Å². The van der Waals surface area contributed by atoms with Gasteiger partial charge in [0.25, 0.3) is 5.91 Å². The summed E-state index contributed by atoms with van der Waals surface area (Å²) in [6, 6.07) is 5.47. The summed E-state index contributed by atoms with van der Waals surface area (Å²) in [5.74, 6) is -0.0451. The molecule has 0 aromatic heterocycles. The van der Waals surface area contributed by atoms with E-state index in [0.29, 0.717) is 19.4 Å². The average molecular weight is 257 g/mol. The number of carbonyl (C=O) groups excluding carboxylic acids is 2. The third kappa shape index (κ3) is 1.91. The number of hydrogen-bond donors (Lipinski definition) is 2. The first kappa shape index (κ1) is 11.9. The molecule has 1 aromatic carbocycles. The molecule has 5 heteroatoms. The molecule has 1 saturated heterocycles. The zero-order chi connectivity index (χ0) is 13.6. The highest BCUT2D eigenvalue weighted by Crippen LogP contribution is 2.27. The maximum Gasteiger partial charge on any atom is 0.255 e. The fourth-order valence-electron chi connectivity index (χ4n) is 2.74. The fourth-order valence-corrected chi connectivity index (χ4v) is 2.74. The van der Waals surface area contributed by atoms with Gasteiger partial charge in [-0.1, -0.05) is 17.7 Å². The van der Waals surface area contributed by atoms with Gasteiger partial charge in [-0.05, 0) is 25.0 Å². The number of nitrogens with one attached hydrogen (secondary N) is 2. The van der Waals surface area contributed by atoms with E-state index < -0.39 is 0 Å². The minimum Gasteiger partial charge on any atom is -0.324 e. The van der Waals surface area contributed by atoms with Crippen LogP contribution in [0.25, 0.3) is 0 Å². The Hall–Kier alpha value is -2.17. The molecule has 5 nitrogen and oxygen atoms in total. The molecule has 1 aromatic rings. The van der Waals surface area contributed by atoms with Crippen molar-refractivity contribution in [3.8, 4) is 0 Å². The lowest BCUT2D eigenvalue weighted by molar-refractivity contribution is -0.120. The molecule has 19 heavy (non-hydrogen) atoms. The molecule has 2 amide bonds. The lowest BCUT2D eigenvalue weighted by Gasteiger charge is -2.31. The van der Waals surface area contributed by atoms with E-state index in [2.05, 4.69) is 5.32 Å². The molecule has 2 aliphatic rings. The number of piperidine rings is 1. The Morgan fingerprint density at radius 1 is 1.37 bits per heavy atom. The van der Waals surface area contributed by atoms with Crippen molar-refractivity contribution in [2.45, 2.75) is 32.4 Å². The Labute approximate surface area is 111 Å². The number of benzene rings is 1. The number of nitrogens with zero attached hydrogens (tertiary/aromatic N) is 1. The highest BCUT2D eigenvalue weighted by Gasteiger charge is 2.37. The van der Waals surface area contributed by atoms with Gasteiger partial charge in [0.05, 0.1) is 6.04 Å². The lowest BCUT2D eigenvalue weighted by atomic mass is 10.0. The standard InChI is InChI=1S/C14H15N3O2/c1-8-2-3-10-9(6-8)7-17(14(10)19)11-4-5-12(18)16-13(11)15/h2-3,6,11H,4-5,7H2,1H3,(H2,15,16,18). The van der Waals surface area contributed by atoms with Gasteiger partial charge in [0.1, 0.15) is 5.84 Å². The number of amides is 2. The van der Waals surface area contributed by atoms with Crippen LogP contribution in [0.3, 0.4) is 0 Å². The minimum absolute atomic E-state index is 0.0408. The third-order valence-electron chi connectivity index (χ3n) is 3.72. The van der Waals surface area contributed by atoms with Crippen molar-refractivity contribution >= 4 is 17.6 Å². The summed E-state index contributed by atoms with van der Waals surface area (Å²) >= 11 is 0. The number of fused-ring (bicyclic) bond motifs is 1. The average Bonchev–Trinajstić information content (AvgIpc) is 2.66. The highest BCUT2D eigenvalue weighted by atomic mass is 16.2. The predicted molar refractivity (Wildman–Crippen MR) is 69.9 cm³/mol. The van der Waals surface area contributed by atoms with Crippen LogP contribution in [0.1, 0.15) is 34.3 Å². The maximum absolute atomic E-state index is 12.4. The first-order valence-corrected chi connectivity index (χ1v) is 6.35. The van der Waals surface area contributed by atoms with Gasteiger partial charge < -0.3 is 10.2 Å². The third-order valence-corrected chi connectivity index (χ3v) is 3.72. The largest absolute Gasteiger partial charge is 0.324 e. The van der Waals surface area contributed by atoms with E-state index in [-0.39, 0.29) is 23.7 Å². The molecule has 1 fully saturated rings. The van der Waals surface area contributed by atoms with E-state index in [1.54, 1.807) is 4.90 Å². The van der Waals surface area contributed by atoms with Gasteiger partial charge in [-0.25, -0.2) is 0 Å². The Morgan fingerprint density at radius 2 is 2.16 bits per heavy atom. The van der Waals surface area contributed by atoms with E-state index in [9.17, 15) is 9.59 Å². The molecule has 2 heterocycles. The first-order valence-electron chi connectivity index (χ1n) is 6.35. The van der Waals surface area contributed by atoms with Crippen molar-refractivity contribution in [1.82, 2.24) is 10.2 Å². The molecule has 1 unspecified atom stereocenters. The summed E-state index contributed by atoms with van der Waals surface area (Å²) in [6.45, 7) is 2.52. The van der Waals surface area contributed by atoms with Crippen LogP contribution in [0.15, 0.2) is 18.2 Å². The van der Waals surface area contributed by atoms with E-state index in [4.69, 9.17) is 5.41 Å². The van der Waals surface area contributed by atoms with Gasteiger partial charge >= 0.3 is 0 Å². The van der Waals surface area contributed by atoms with Crippen LogP contribution in [-0.2, 0) is 11.3 Å². The zero-order valence-corrected chi connectivity index (χ0v) is 10.7. The van der Waals surface area contributed by atoms with Gasteiger partial charge in [0.2, 0.25) is 5.91 Å². The lowest BCUT2D eigenvalue weighted by Crippen LogP contribution is -2.52. The van der Waals surface area contributed by atoms with Crippen LogP contribution in [0.5, 0.6) is 0 Å². The molecule has 0 aliphatic carbocycles. The molecular formula is C14H15N3O2. The normalized spacial score (nSPS) is 22.5. The molecule has 0 spiro atoms. The molecule has 2 N–H and O–H groups in total. The number of amidine groups is 1. The summed E-state index contributed by atoms with van der Waals surface area (Å²) in [4.78, 5) is 25.3. The van der Waals surface area contributed by atoms with E-state index in [1.807, 2.05) is 25.1 Å². The van der Waals surface area contributed by atoms with Crippen molar-refractivity contribution in [2.75, 3.05) is 0 Å². The van der Waals surface area contributed by atoms with Gasteiger partial charge in [-0.15, -0.1) is 0 Å². The van der Waals surface area contributed by atoms with Crippen LogP contribution < -0.4 is 5.32 Å². The summed E-state index contributed by atoms with van der Waals surface area (Å²) in [6.07, 6.45) is 0.898. The van der Waals surface area contributed by atoms with Crippen molar-refractivity contribution in [3.05, 3.63) is 34.9 Å². The zero-order valence-electron chi connectivity index (χ0n) is 10.7. The molecule has 98 valence electrons. The SMILES string of the molecule is Cc1ccc2c(c1)CN(C1CCC(=O)NC1=N)C2=O. The smallest absolute Gasteiger partial charge is 0.255 e. The number of rotatable bonds is 1. The topological polar surface area (TPSA) is 73.3 Å². The monoisotopic (exact) mass is 257 g/mol. The second-order valence-electron chi connectivity index (χ2n) is 5.11. The molecule has 2 aliphatic heterocycles. The summed E-state index contributed by atoms with van der Waals surface area (Å²) in [5.41, 5.74) is 2.85. The maximum atomic E-state index is 12.4. The Bertz CT molecular complexity index is 594. The van der Waals surface area contributed by atoms with Crippen molar-refractivity contribution in [3.63, 3.8) is 0 Å². The molecule has 3 rings (SSSR count). The van der Waals surface area contributed by atoms with Crippen LogP contribution in [-0.4, -0.2) is 28.6 Å². The minimum atomic E-state index is -0.307.